The van der Waals surface area contributed by atoms with Crippen LogP contribution in [-0.2, 0) is 0 Å². The molecule has 4 nitrogen and oxygen atoms in total. The van der Waals surface area contributed by atoms with Gasteiger partial charge in [0.15, 0.2) is 0 Å². The zero-order valence-corrected chi connectivity index (χ0v) is 11.8. The normalized spacial score (nSPS) is 14.0. The lowest BCUT2D eigenvalue weighted by Gasteiger charge is -2.22. The zero-order chi connectivity index (χ0) is 13.8. The predicted molar refractivity (Wildman–Crippen MR) is 76.9 cm³/mol. The van der Waals surface area contributed by atoms with E-state index < -0.39 is 5.60 Å². The molecule has 0 aromatic heterocycles. The summed E-state index contributed by atoms with van der Waals surface area (Å²) in [4.78, 5) is 12.0. The van der Waals surface area contributed by atoms with Gasteiger partial charge < -0.3 is 16.2 Å². The van der Waals surface area contributed by atoms with E-state index in [1.807, 2.05) is 19.2 Å². The number of hydrogen-bond acceptors (Lipinski definition) is 4. The van der Waals surface area contributed by atoms with Gasteiger partial charge in [0.1, 0.15) is 0 Å². The molecule has 0 heterocycles. The summed E-state index contributed by atoms with van der Waals surface area (Å²) in [6.45, 7) is 3.76. The lowest BCUT2D eigenvalue weighted by atomic mass is 10.1. The number of hydrogen-bond donors (Lipinski definition) is 3. The van der Waals surface area contributed by atoms with E-state index in [0.29, 0.717) is 17.0 Å². The second-order valence-electron chi connectivity index (χ2n) is 4.65. The number of amides is 1. The molecule has 0 saturated heterocycles. The van der Waals surface area contributed by atoms with Crippen LogP contribution in [0.3, 0.4) is 0 Å². The third kappa shape index (κ3) is 3.92. The molecule has 1 unspecified atom stereocenters. The summed E-state index contributed by atoms with van der Waals surface area (Å²) < 4.78 is 0. The molecular weight excluding hydrogens is 248 g/mol. The Morgan fingerprint density at radius 1 is 1.56 bits per heavy atom. The molecule has 0 aliphatic carbocycles. The molecule has 0 aliphatic heterocycles. The number of nitrogens with one attached hydrogen (secondary N) is 1. The first-order valence-electron chi connectivity index (χ1n) is 5.72. The number of rotatable bonds is 5. The monoisotopic (exact) mass is 268 g/mol. The van der Waals surface area contributed by atoms with Crippen molar-refractivity contribution in [2.45, 2.75) is 19.4 Å². The maximum atomic E-state index is 12.0. The van der Waals surface area contributed by atoms with Crippen LogP contribution in [-0.4, -0.2) is 35.2 Å². The standard InChI is InChI=1S/C13H20N2O2S/c1-9-5-4-6-10(11(9)14)12(16)15-7-13(2,17)8-18-3/h4-6,17H,7-8,14H2,1-3H3,(H,15,16). The van der Waals surface area contributed by atoms with E-state index in [2.05, 4.69) is 5.32 Å². The van der Waals surface area contributed by atoms with E-state index in [-0.39, 0.29) is 12.5 Å². The molecule has 0 aliphatic rings. The zero-order valence-electron chi connectivity index (χ0n) is 11.0. The molecule has 1 aromatic rings. The van der Waals surface area contributed by atoms with Crippen LogP contribution in [0.2, 0.25) is 0 Å². The molecular formula is C13H20N2O2S. The van der Waals surface area contributed by atoms with Gasteiger partial charge in [0.25, 0.3) is 5.91 Å². The Morgan fingerprint density at radius 2 is 2.22 bits per heavy atom. The van der Waals surface area contributed by atoms with Crippen molar-refractivity contribution in [2.24, 2.45) is 0 Å². The average molecular weight is 268 g/mol. The molecule has 0 radical (unpaired) electrons. The molecule has 100 valence electrons. The summed E-state index contributed by atoms with van der Waals surface area (Å²) in [5.74, 6) is 0.314. The molecule has 1 amide bonds. The minimum absolute atomic E-state index is 0.208. The van der Waals surface area contributed by atoms with Crippen molar-refractivity contribution in [3.8, 4) is 0 Å². The van der Waals surface area contributed by atoms with E-state index in [0.717, 1.165) is 5.56 Å². The highest BCUT2D eigenvalue weighted by Gasteiger charge is 2.21. The van der Waals surface area contributed by atoms with E-state index >= 15 is 0 Å². The third-order valence-electron chi connectivity index (χ3n) is 2.65. The summed E-state index contributed by atoms with van der Waals surface area (Å²) in [5.41, 5.74) is 6.76. The number of aliphatic hydroxyl groups is 1. The lowest BCUT2D eigenvalue weighted by molar-refractivity contribution is 0.0725. The van der Waals surface area contributed by atoms with Crippen LogP contribution in [0.25, 0.3) is 0 Å². The minimum Gasteiger partial charge on any atom is -0.398 e. The van der Waals surface area contributed by atoms with Crippen LogP contribution in [0, 0.1) is 6.92 Å². The smallest absolute Gasteiger partial charge is 0.253 e. The maximum Gasteiger partial charge on any atom is 0.253 e. The summed E-state index contributed by atoms with van der Waals surface area (Å²) in [6, 6.07) is 5.33. The van der Waals surface area contributed by atoms with Crippen LogP contribution < -0.4 is 11.1 Å². The SMILES string of the molecule is CSCC(C)(O)CNC(=O)c1cccc(C)c1N. The highest BCUT2D eigenvalue weighted by molar-refractivity contribution is 7.98. The van der Waals surface area contributed by atoms with Crippen molar-refractivity contribution in [3.05, 3.63) is 29.3 Å². The molecule has 1 aromatic carbocycles. The summed E-state index contributed by atoms with van der Waals surface area (Å²) in [5, 5.41) is 12.7. The number of thioether (sulfide) groups is 1. The quantitative estimate of drug-likeness (QED) is 0.706. The number of benzene rings is 1. The minimum atomic E-state index is -0.909. The second kappa shape index (κ2) is 6.11. The van der Waals surface area contributed by atoms with Crippen LogP contribution in [0.4, 0.5) is 5.69 Å². The van der Waals surface area contributed by atoms with Crippen molar-refractivity contribution >= 4 is 23.4 Å². The Kier molecular flexibility index (Phi) is 5.04. The molecule has 4 N–H and O–H groups in total. The van der Waals surface area contributed by atoms with Gasteiger partial charge in [-0.25, -0.2) is 0 Å². The van der Waals surface area contributed by atoms with Crippen molar-refractivity contribution in [3.63, 3.8) is 0 Å². The second-order valence-corrected chi connectivity index (χ2v) is 5.51. The van der Waals surface area contributed by atoms with Crippen LogP contribution in [0.15, 0.2) is 18.2 Å². The fourth-order valence-corrected chi connectivity index (χ4v) is 2.33. The number of nitrogen functional groups attached to an aromatic ring is 1. The van der Waals surface area contributed by atoms with Crippen molar-refractivity contribution in [1.82, 2.24) is 5.32 Å². The van der Waals surface area contributed by atoms with Gasteiger partial charge in [-0.1, -0.05) is 12.1 Å². The van der Waals surface area contributed by atoms with E-state index in [9.17, 15) is 9.90 Å². The Hall–Kier alpha value is -1.20. The Labute approximate surface area is 112 Å². The predicted octanol–water partition coefficient (Wildman–Crippen LogP) is 1.42. The molecule has 0 spiro atoms. The van der Waals surface area contributed by atoms with Gasteiger partial charge in [0.2, 0.25) is 0 Å². The van der Waals surface area contributed by atoms with Gasteiger partial charge in [-0.3, -0.25) is 4.79 Å². The molecule has 18 heavy (non-hydrogen) atoms. The first-order valence-corrected chi connectivity index (χ1v) is 7.11. The number of nitrogens with two attached hydrogens (primary N) is 1. The average Bonchev–Trinajstić information content (AvgIpc) is 2.30. The fourth-order valence-electron chi connectivity index (χ4n) is 1.61. The van der Waals surface area contributed by atoms with Gasteiger partial charge in [0, 0.05) is 18.0 Å². The highest BCUT2D eigenvalue weighted by Crippen LogP contribution is 2.16. The maximum absolute atomic E-state index is 12.0. The van der Waals surface area contributed by atoms with Gasteiger partial charge in [-0.05, 0) is 31.7 Å². The Morgan fingerprint density at radius 3 is 2.83 bits per heavy atom. The molecule has 1 atom stereocenters. The van der Waals surface area contributed by atoms with Gasteiger partial charge in [-0.15, -0.1) is 0 Å². The highest BCUT2D eigenvalue weighted by atomic mass is 32.2. The molecule has 0 fully saturated rings. The van der Waals surface area contributed by atoms with Crippen LogP contribution >= 0.6 is 11.8 Å². The number of carbonyl (C=O) groups is 1. The first-order chi connectivity index (χ1) is 8.37. The lowest BCUT2D eigenvalue weighted by Crippen LogP contribution is -2.42. The molecule has 0 bridgehead atoms. The van der Waals surface area contributed by atoms with Crippen LogP contribution in [0.5, 0.6) is 0 Å². The topological polar surface area (TPSA) is 75.3 Å². The molecule has 5 heteroatoms. The summed E-state index contributed by atoms with van der Waals surface area (Å²) in [7, 11) is 0. The Balaban J connectivity index is 2.69. The summed E-state index contributed by atoms with van der Waals surface area (Å²) in [6.07, 6.45) is 1.91. The van der Waals surface area contributed by atoms with E-state index in [1.165, 1.54) is 11.8 Å². The molecule has 1 rings (SSSR count). The molecule has 0 saturated carbocycles. The first kappa shape index (κ1) is 14.9. The number of carbonyl (C=O) groups excluding carboxylic acids is 1. The van der Waals surface area contributed by atoms with E-state index in [4.69, 9.17) is 5.73 Å². The van der Waals surface area contributed by atoms with Gasteiger partial charge >= 0.3 is 0 Å². The number of para-hydroxylation sites is 1. The number of anilines is 1. The van der Waals surface area contributed by atoms with E-state index in [1.54, 1.807) is 19.1 Å². The van der Waals surface area contributed by atoms with Crippen molar-refractivity contribution in [1.29, 1.82) is 0 Å². The Bertz CT molecular complexity index is 433. The number of aryl methyl sites for hydroxylation is 1. The van der Waals surface area contributed by atoms with Crippen molar-refractivity contribution in [2.75, 3.05) is 24.3 Å². The van der Waals surface area contributed by atoms with Gasteiger partial charge in [-0.2, -0.15) is 11.8 Å². The van der Waals surface area contributed by atoms with Gasteiger partial charge in [0.05, 0.1) is 11.2 Å². The van der Waals surface area contributed by atoms with Crippen molar-refractivity contribution < 1.29 is 9.90 Å². The third-order valence-corrected chi connectivity index (χ3v) is 3.56. The fraction of sp³-hybridized carbons (Fsp3) is 0.462. The largest absolute Gasteiger partial charge is 0.398 e. The van der Waals surface area contributed by atoms with Crippen LogP contribution in [0.1, 0.15) is 22.8 Å². The summed E-state index contributed by atoms with van der Waals surface area (Å²) >= 11 is 1.54.